The molecule has 0 atom stereocenters. The highest BCUT2D eigenvalue weighted by Crippen LogP contribution is 2.41. The molecule has 6 heteroatoms. The summed E-state index contributed by atoms with van der Waals surface area (Å²) in [6.07, 6.45) is 4.50. The molecular formula is C20H20N4S2. The molecule has 0 aromatic carbocycles. The summed E-state index contributed by atoms with van der Waals surface area (Å²) in [5, 5.41) is 17.8. The van der Waals surface area contributed by atoms with Crippen LogP contribution < -0.4 is 0 Å². The minimum atomic E-state index is 0.951. The second kappa shape index (κ2) is 6.66. The van der Waals surface area contributed by atoms with Crippen molar-refractivity contribution in [3.63, 3.8) is 0 Å². The van der Waals surface area contributed by atoms with Crippen molar-refractivity contribution < 1.29 is 0 Å². The van der Waals surface area contributed by atoms with Gasteiger partial charge in [0.2, 0.25) is 0 Å². The molecule has 4 heterocycles. The van der Waals surface area contributed by atoms with Crippen LogP contribution >= 0.6 is 22.7 Å². The van der Waals surface area contributed by atoms with Crippen molar-refractivity contribution in [2.24, 2.45) is 10.9 Å². The zero-order valence-corrected chi connectivity index (χ0v) is 16.2. The molecular weight excluding hydrogens is 360 g/mol. The summed E-state index contributed by atoms with van der Waals surface area (Å²) in [6.45, 7) is 5.56. The average Bonchev–Trinajstić information content (AvgIpc) is 3.18. The molecule has 3 aliphatic rings. The van der Waals surface area contributed by atoms with Crippen LogP contribution in [0.1, 0.15) is 29.5 Å². The van der Waals surface area contributed by atoms with Gasteiger partial charge in [-0.25, -0.2) is 4.99 Å². The van der Waals surface area contributed by atoms with E-state index in [0.29, 0.717) is 0 Å². The van der Waals surface area contributed by atoms with Crippen molar-refractivity contribution in [2.45, 2.75) is 12.8 Å². The second-order valence-corrected chi connectivity index (χ2v) is 8.71. The number of thiophene rings is 2. The van der Waals surface area contributed by atoms with E-state index in [1.54, 1.807) is 28.7 Å². The van der Waals surface area contributed by atoms with Crippen molar-refractivity contribution in [2.75, 3.05) is 32.7 Å². The molecule has 5 rings (SSSR count). The van der Waals surface area contributed by atoms with E-state index < -0.39 is 0 Å². The monoisotopic (exact) mass is 380 g/mol. The molecule has 2 aromatic rings. The Balaban J connectivity index is 1.48. The first-order chi connectivity index (χ1) is 12.8. The third-order valence-corrected chi connectivity index (χ3v) is 6.92. The Bertz CT molecular complexity index is 918. The van der Waals surface area contributed by atoms with Crippen LogP contribution in [0.15, 0.2) is 32.6 Å². The quantitative estimate of drug-likeness (QED) is 0.734. The number of piperazine rings is 1. The number of rotatable bonds is 2. The summed E-state index contributed by atoms with van der Waals surface area (Å²) in [4.78, 5) is 10.1. The highest BCUT2D eigenvalue weighted by molar-refractivity contribution is 7.09. The van der Waals surface area contributed by atoms with Gasteiger partial charge >= 0.3 is 0 Å². The maximum atomic E-state index is 9.28. The summed E-state index contributed by atoms with van der Waals surface area (Å²) < 4.78 is 0. The number of hydrogen-bond acceptors (Lipinski definition) is 6. The van der Waals surface area contributed by atoms with Crippen LogP contribution in [0.4, 0.5) is 5.69 Å². The minimum absolute atomic E-state index is 0.951. The number of nitriles is 1. The van der Waals surface area contributed by atoms with Gasteiger partial charge < -0.3 is 4.90 Å². The van der Waals surface area contributed by atoms with Crippen molar-refractivity contribution in [3.8, 4) is 6.07 Å². The fourth-order valence-corrected chi connectivity index (χ4v) is 5.43. The van der Waals surface area contributed by atoms with Gasteiger partial charge in [0.1, 0.15) is 5.84 Å². The first-order valence-electron chi connectivity index (χ1n) is 9.13. The topological polar surface area (TPSA) is 42.6 Å². The van der Waals surface area contributed by atoms with Crippen molar-refractivity contribution in [3.05, 3.63) is 44.3 Å². The molecule has 2 aromatic heterocycles. The molecule has 0 unspecified atom stereocenters. The molecule has 0 spiro atoms. The van der Waals surface area contributed by atoms with Gasteiger partial charge in [-0.2, -0.15) is 16.6 Å². The second-order valence-electron chi connectivity index (χ2n) is 7.22. The molecule has 26 heavy (non-hydrogen) atoms. The van der Waals surface area contributed by atoms with E-state index >= 15 is 0 Å². The first kappa shape index (κ1) is 16.2. The summed E-state index contributed by atoms with van der Waals surface area (Å²) in [6, 6.07) is 2.23. The summed E-state index contributed by atoms with van der Waals surface area (Å²) in [5.41, 5.74) is 5.40. The number of nitrogens with zero attached hydrogens (tertiary/aromatic N) is 4. The molecule has 0 radical (unpaired) electrons. The maximum absolute atomic E-state index is 9.28. The average molecular weight is 381 g/mol. The lowest BCUT2D eigenvalue weighted by atomic mass is 9.99. The van der Waals surface area contributed by atoms with Crippen LogP contribution in [-0.2, 0) is 0 Å². The van der Waals surface area contributed by atoms with Crippen LogP contribution in [-0.4, -0.2) is 48.4 Å². The van der Waals surface area contributed by atoms with Gasteiger partial charge in [0.15, 0.2) is 0 Å². The van der Waals surface area contributed by atoms with Crippen molar-refractivity contribution in [1.82, 2.24) is 9.80 Å². The van der Waals surface area contributed by atoms with Gasteiger partial charge in [-0.3, -0.25) is 4.90 Å². The van der Waals surface area contributed by atoms with Gasteiger partial charge in [0, 0.05) is 77.2 Å². The molecule has 4 nitrogen and oxygen atoms in total. The Morgan fingerprint density at radius 3 is 2.54 bits per heavy atom. The van der Waals surface area contributed by atoms with E-state index in [1.165, 1.54) is 24.9 Å². The van der Waals surface area contributed by atoms with E-state index in [4.69, 9.17) is 4.99 Å². The summed E-state index contributed by atoms with van der Waals surface area (Å²) in [7, 11) is 0. The third kappa shape index (κ3) is 2.90. The highest BCUT2D eigenvalue weighted by atomic mass is 32.1. The molecule has 2 aliphatic heterocycles. The summed E-state index contributed by atoms with van der Waals surface area (Å²) >= 11 is 3.35. The van der Waals surface area contributed by atoms with Crippen molar-refractivity contribution in [1.29, 1.82) is 5.26 Å². The Morgan fingerprint density at radius 2 is 1.77 bits per heavy atom. The normalized spacial score (nSPS) is 21.7. The molecule has 0 amide bonds. The number of aliphatic imine (C=N–C) groups is 1. The lowest BCUT2D eigenvalue weighted by molar-refractivity contribution is 0.176. The van der Waals surface area contributed by atoms with Crippen molar-refractivity contribution >= 4 is 39.8 Å². The minimum Gasteiger partial charge on any atom is -0.353 e. The zero-order chi connectivity index (χ0) is 17.5. The van der Waals surface area contributed by atoms with Crippen LogP contribution in [0.2, 0.25) is 0 Å². The van der Waals surface area contributed by atoms with E-state index in [1.807, 2.05) is 0 Å². The highest BCUT2D eigenvalue weighted by Gasteiger charge is 2.30. The molecule has 132 valence electrons. The molecule has 0 bridgehead atoms. The van der Waals surface area contributed by atoms with Crippen LogP contribution in [0, 0.1) is 17.2 Å². The molecule has 0 N–H and O–H groups in total. The molecule has 1 saturated carbocycles. The van der Waals surface area contributed by atoms with Gasteiger partial charge in [-0.05, 0) is 24.1 Å². The van der Waals surface area contributed by atoms with Crippen LogP contribution in [0.5, 0.6) is 0 Å². The largest absolute Gasteiger partial charge is 0.353 e. The zero-order valence-electron chi connectivity index (χ0n) is 14.5. The van der Waals surface area contributed by atoms with E-state index in [-0.39, 0.29) is 0 Å². The predicted molar refractivity (Wildman–Crippen MR) is 108 cm³/mol. The van der Waals surface area contributed by atoms with Gasteiger partial charge in [-0.1, -0.05) is 0 Å². The molecule has 1 saturated heterocycles. The first-order valence-corrected chi connectivity index (χ1v) is 11.0. The SMILES string of the molecule is N#CC=C1c2cscc2N=C(N2CCN(CC3CC3)CC2)c2cscc21. The number of amidine groups is 1. The Kier molecular flexibility index (Phi) is 4.16. The molecule has 1 aliphatic carbocycles. The Hall–Kier alpha value is -1.94. The van der Waals surface area contributed by atoms with Gasteiger partial charge in [0.05, 0.1) is 11.8 Å². The van der Waals surface area contributed by atoms with E-state index in [9.17, 15) is 5.26 Å². The fourth-order valence-electron chi connectivity index (χ4n) is 3.85. The van der Waals surface area contributed by atoms with Gasteiger partial charge in [0.25, 0.3) is 0 Å². The smallest absolute Gasteiger partial charge is 0.138 e. The number of allylic oxidation sites excluding steroid dienone is 1. The van der Waals surface area contributed by atoms with Gasteiger partial charge in [-0.15, -0.1) is 11.3 Å². The number of fused-ring (bicyclic) bond motifs is 2. The Labute approximate surface area is 161 Å². The lowest BCUT2D eigenvalue weighted by Crippen LogP contribution is -2.49. The standard InChI is InChI=1S/C20H20N4S2/c21-4-3-15-16-10-25-12-18(16)20(22-19-13-26-11-17(15)19)24-7-5-23(6-8-24)9-14-1-2-14/h3,10-14H,1-2,5-9H2. The van der Waals surface area contributed by atoms with E-state index in [0.717, 1.165) is 60.3 Å². The lowest BCUT2D eigenvalue weighted by Gasteiger charge is -2.36. The maximum Gasteiger partial charge on any atom is 0.138 e. The fraction of sp³-hybridized carbons (Fsp3) is 0.400. The van der Waals surface area contributed by atoms with Crippen LogP contribution in [0.25, 0.3) is 5.57 Å². The number of hydrogen-bond donors (Lipinski definition) is 0. The van der Waals surface area contributed by atoms with Crippen LogP contribution in [0.3, 0.4) is 0 Å². The predicted octanol–water partition coefficient (Wildman–Crippen LogP) is 4.18. The summed E-state index contributed by atoms with van der Waals surface area (Å²) in [5.74, 6) is 2.03. The van der Waals surface area contributed by atoms with E-state index in [2.05, 4.69) is 37.4 Å². The molecule has 2 fully saturated rings. The Morgan fingerprint density at radius 1 is 1.04 bits per heavy atom. The third-order valence-electron chi connectivity index (χ3n) is 5.45.